The highest BCUT2D eigenvalue weighted by atomic mass is 19.1. The van der Waals surface area contributed by atoms with Crippen molar-refractivity contribution in [3.8, 4) is 0 Å². The molecular formula is C17H23FN2O3. The van der Waals surface area contributed by atoms with Crippen LogP contribution in [0.1, 0.15) is 27.2 Å². The summed E-state index contributed by atoms with van der Waals surface area (Å²) >= 11 is 0. The average Bonchev–Trinajstić information content (AvgIpc) is 2.75. The fourth-order valence-electron chi connectivity index (χ4n) is 3.30. The lowest BCUT2D eigenvalue weighted by Gasteiger charge is -2.37. The van der Waals surface area contributed by atoms with Gasteiger partial charge in [-0.15, -0.1) is 0 Å². The number of anilines is 2. The Morgan fingerprint density at radius 1 is 1.17 bits per heavy atom. The molecule has 2 fully saturated rings. The van der Waals surface area contributed by atoms with Gasteiger partial charge in [-0.05, 0) is 39.0 Å². The van der Waals surface area contributed by atoms with Crippen molar-refractivity contribution < 1.29 is 18.7 Å². The van der Waals surface area contributed by atoms with Crippen molar-refractivity contribution in [3.05, 3.63) is 24.0 Å². The van der Waals surface area contributed by atoms with Crippen molar-refractivity contribution in [2.75, 3.05) is 23.3 Å². The van der Waals surface area contributed by atoms with Gasteiger partial charge < -0.3 is 19.7 Å². The summed E-state index contributed by atoms with van der Waals surface area (Å²) in [6.07, 6.45) is 0.651. The summed E-state index contributed by atoms with van der Waals surface area (Å²) in [5.74, 6) is -0.575. The number of cyclic esters (lactones) is 1. The molecule has 3 rings (SSSR count). The molecule has 0 spiro atoms. The number of benzene rings is 1. The van der Waals surface area contributed by atoms with E-state index in [-0.39, 0.29) is 30.1 Å². The number of carbonyl (C=O) groups excluding carboxylic acids is 1. The van der Waals surface area contributed by atoms with Crippen LogP contribution in [0, 0.1) is 5.82 Å². The number of carbonyl (C=O) groups is 1. The number of hydrogen-bond acceptors (Lipinski definition) is 5. The van der Waals surface area contributed by atoms with Gasteiger partial charge in [0.05, 0.1) is 17.9 Å². The van der Waals surface area contributed by atoms with Gasteiger partial charge in [0.1, 0.15) is 18.0 Å². The van der Waals surface area contributed by atoms with Gasteiger partial charge in [0, 0.05) is 25.2 Å². The second-order valence-corrected chi connectivity index (χ2v) is 6.51. The van der Waals surface area contributed by atoms with Crippen molar-refractivity contribution in [3.63, 3.8) is 0 Å². The third kappa shape index (κ3) is 3.58. The van der Waals surface area contributed by atoms with E-state index in [9.17, 15) is 9.18 Å². The van der Waals surface area contributed by atoms with E-state index in [1.54, 1.807) is 12.1 Å². The van der Waals surface area contributed by atoms with Crippen LogP contribution in [0.3, 0.4) is 0 Å². The van der Waals surface area contributed by atoms with Crippen LogP contribution in [0.5, 0.6) is 0 Å². The Bertz CT molecular complexity index is 585. The smallest absolute Gasteiger partial charge is 0.328 e. The molecule has 0 aromatic heterocycles. The first-order chi connectivity index (χ1) is 10.9. The topological polar surface area (TPSA) is 50.8 Å². The number of hydrogen-bond donors (Lipinski definition) is 1. The van der Waals surface area contributed by atoms with E-state index in [2.05, 4.69) is 5.32 Å². The molecule has 0 saturated carbocycles. The maximum absolute atomic E-state index is 14.5. The van der Waals surface area contributed by atoms with Crippen LogP contribution in [0.15, 0.2) is 18.2 Å². The number of nitrogens with zero attached hydrogens (tertiary/aromatic N) is 1. The van der Waals surface area contributed by atoms with Gasteiger partial charge in [0.15, 0.2) is 0 Å². The lowest BCUT2D eigenvalue weighted by Crippen LogP contribution is -2.45. The van der Waals surface area contributed by atoms with Gasteiger partial charge in [-0.3, -0.25) is 0 Å². The van der Waals surface area contributed by atoms with Crippen LogP contribution in [-0.2, 0) is 14.3 Å². The Hall–Kier alpha value is -1.82. The van der Waals surface area contributed by atoms with Crippen LogP contribution in [0.2, 0.25) is 0 Å². The van der Waals surface area contributed by atoms with Gasteiger partial charge in [0.25, 0.3) is 0 Å². The summed E-state index contributed by atoms with van der Waals surface area (Å²) < 4.78 is 25.3. The molecule has 1 N–H and O–H groups in total. The predicted molar refractivity (Wildman–Crippen MR) is 86.2 cm³/mol. The van der Waals surface area contributed by atoms with E-state index in [1.807, 2.05) is 25.7 Å². The number of halogens is 1. The molecule has 126 valence electrons. The standard InChI is InChI=1S/C17H23FN2O3/c1-10-6-15(17(21)23-10)19-13-4-5-16(14(18)7-13)20-8-11(2)22-12(3)9-20/h4-5,7,10-12,15,19H,6,8-9H2,1-3H3/t10-,11-,12+,15+/m1/s1. The van der Waals surface area contributed by atoms with Crippen molar-refractivity contribution in [2.45, 2.75) is 51.5 Å². The summed E-state index contributed by atoms with van der Waals surface area (Å²) in [6.45, 7) is 7.16. The Balaban J connectivity index is 1.72. The molecule has 0 bridgehead atoms. The molecule has 0 amide bonds. The van der Waals surface area contributed by atoms with Crippen LogP contribution >= 0.6 is 0 Å². The molecule has 0 aliphatic carbocycles. The fraction of sp³-hybridized carbons (Fsp3) is 0.588. The van der Waals surface area contributed by atoms with Crippen LogP contribution in [0.25, 0.3) is 0 Å². The molecule has 6 heteroatoms. The Morgan fingerprint density at radius 3 is 2.43 bits per heavy atom. The fourth-order valence-corrected chi connectivity index (χ4v) is 3.30. The Kier molecular flexibility index (Phi) is 4.43. The van der Waals surface area contributed by atoms with Crippen LogP contribution in [-0.4, -0.2) is 43.4 Å². The quantitative estimate of drug-likeness (QED) is 0.867. The van der Waals surface area contributed by atoms with Crippen LogP contribution in [0.4, 0.5) is 15.8 Å². The minimum absolute atomic E-state index is 0.0747. The summed E-state index contributed by atoms with van der Waals surface area (Å²) in [5, 5.41) is 3.05. The number of nitrogens with one attached hydrogen (secondary N) is 1. The monoisotopic (exact) mass is 322 g/mol. The maximum atomic E-state index is 14.5. The Labute approximate surface area is 135 Å². The van der Waals surface area contributed by atoms with E-state index in [4.69, 9.17) is 9.47 Å². The molecule has 2 saturated heterocycles. The van der Waals surface area contributed by atoms with Gasteiger partial charge >= 0.3 is 5.97 Å². The molecule has 0 unspecified atom stereocenters. The van der Waals surface area contributed by atoms with Gasteiger partial charge in [-0.25, -0.2) is 9.18 Å². The molecule has 2 aliphatic rings. The predicted octanol–water partition coefficient (Wildman–Crippen LogP) is 2.56. The van der Waals surface area contributed by atoms with Crippen molar-refractivity contribution >= 4 is 17.3 Å². The van der Waals surface area contributed by atoms with E-state index in [0.29, 0.717) is 30.9 Å². The number of rotatable bonds is 3. The van der Waals surface area contributed by atoms with E-state index in [1.165, 1.54) is 6.07 Å². The van der Waals surface area contributed by atoms with Crippen molar-refractivity contribution in [1.29, 1.82) is 0 Å². The van der Waals surface area contributed by atoms with E-state index < -0.39 is 6.04 Å². The van der Waals surface area contributed by atoms with Gasteiger partial charge in [0.2, 0.25) is 0 Å². The third-order valence-electron chi connectivity index (χ3n) is 4.22. The maximum Gasteiger partial charge on any atom is 0.328 e. The molecule has 2 heterocycles. The Morgan fingerprint density at radius 2 is 1.87 bits per heavy atom. The number of morpholine rings is 1. The molecule has 2 aliphatic heterocycles. The molecule has 4 atom stereocenters. The third-order valence-corrected chi connectivity index (χ3v) is 4.22. The zero-order chi connectivity index (χ0) is 16.6. The van der Waals surface area contributed by atoms with Gasteiger partial charge in [-0.2, -0.15) is 0 Å². The second kappa shape index (κ2) is 6.35. The number of ether oxygens (including phenoxy) is 2. The highest BCUT2D eigenvalue weighted by molar-refractivity contribution is 5.81. The molecule has 0 radical (unpaired) electrons. The van der Waals surface area contributed by atoms with E-state index >= 15 is 0 Å². The van der Waals surface area contributed by atoms with Gasteiger partial charge in [-0.1, -0.05) is 0 Å². The highest BCUT2D eigenvalue weighted by Crippen LogP contribution is 2.27. The summed E-state index contributed by atoms with van der Waals surface area (Å²) in [4.78, 5) is 13.7. The highest BCUT2D eigenvalue weighted by Gasteiger charge is 2.32. The summed E-state index contributed by atoms with van der Waals surface area (Å²) in [6, 6.07) is 4.60. The minimum atomic E-state index is -0.404. The molecule has 1 aromatic carbocycles. The first-order valence-corrected chi connectivity index (χ1v) is 8.09. The summed E-state index contributed by atoms with van der Waals surface area (Å²) in [7, 11) is 0. The minimum Gasteiger partial charge on any atom is -0.461 e. The first kappa shape index (κ1) is 16.1. The normalized spacial score (nSPS) is 31.1. The molecule has 5 nitrogen and oxygen atoms in total. The zero-order valence-corrected chi connectivity index (χ0v) is 13.7. The van der Waals surface area contributed by atoms with E-state index in [0.717, 1.165) is 0 Å². The van der Waals surface area contributed by atoms with Crippen molar-refractivity contribution in [2.24, 2.45) is 0 Å². The molecule has 23 heavy (non-hydrogen) atoms. The summed E-state index contributed by atoms with van der Waals surface area (Å²) in [5.41, 5.74) is 1.16. The first-order valence-electron chi connectivity index (χ1n) is 8.09. The van der Waals surface area contributed by atoms with Crippen LogP contribution < -0.4 is 10.2 Å². The second-order valence-electron chi connectivity index (χ2n) is 6.51. The van der Waals surface area contributed by atoms with Crippen molar-refractivity contribution in [1.82, 2.24) is 0 Å². The molecule has 1 aromatic rings. The average molecular weight is 322 g/mol. The molecular weight excluding hydrogens is 299 g/mol. The lowest BCUT2D eigenvalue weighted by molar-refractivity contribution is -0.141. The zero-order valence-electron chi connectivity index (χ0n) is 13.7. The lowest BCUT2D eigenvalue weighted by atomic mass is 10.1. The largest absolute Gasteiger partial charge is 0.461 e. The SMILES string of the molecule is C[C@@H]1C[C@H](Nc2ccc(N3C[C@@H](C)O[C@@H](C)C3)c(F)c2)C(=O)O1. The number of esters is 1.